The Morgan fingerprint density at radius 2 is 2.19 bits per heavy atom. The second kappa shape index (κ2) is 5.89. The molecule has 1 saturated carbocycles. The largest absolute Gasteiger partial charge is 0.389 e. The zero-order chi connectivity index (χ0) is 15.8. The molecular formula is C16H25N3OS. The van der Waals surface area contributed by atoms with Crippen molar-refractivity contribution in [3.05, 3.63) is 23.0 Å². The number of ether oxygens (including phenoxy) is 1. The van der Waals surface area contributed by atoms with Crippen molar-refractivity contribution in [2.75, 3.05) is 11.9 Å². The number of aromatic nitrogens is 1. The van der Waals surface area contributed by atoms with E-state index in [9.17, 15) is 0 Å². The molecule has 0 bridgehead atoms. The molecule has 2 atom stereocenters. The molecule has 0 radical (unpaired) electrons. The van der Waals surface area contributed by atoms with Gasteiger partial charge < -0.3 is 15.8 Å². The van der Waals surface area contributed by atoms with E-state index in [1.165, 1.54) is 0 Å². The van der Waals surface area contributed by atoms with E-state index in [2.05, 4.69) is 24.1 Å². The molecule has 1 aromatic rings. The van der Waals surface area contributed by atoms with Crippen LogP contribution in [-0.4, -0.2) is 28.7 Å². The molecule has 0 aliphatic heterocycles. The van der Waals surface area contributed by atoms with Crippen LogP contribution in [0.4, 0.5) is 5.69 Å². The average Bonchev–Trinajstić information content (AvgIpc) is 2.36. The summed E-state index contributed by atoms with van der Waals surface area (Å²) in [5.74, 6) is 0. The number of nitrogens with one attached hydrogen (secondary N) is 1. The zero-order valence-electron chi connectivity index (χ0n) is 13.5. The molecule has 2 rings (SSSR count). The Morgan fingerprint density at radius 3 is 2.71 bits per heavy atom. The predicted molar refractivity (Wildman–Crippen MR) is 90.8 cm³/mol. The van der Waals surface area contributed by atoms with Gasteiger partial charge in [0.25, 0.3) is 0 Å². The van der Waals surface area contributed by atoms with Crippen molar-refractivity contribution >= 4 is 22.9 Å². The molecule has 3 N–H and O–H groups in total. The van der Waals surface area contributed by atoms with Crippen molar-refractivity contribution in [3.8, 4) is 0 Å². The summed E-state index contributed by atoms with van der Waals surface area (Å²) in [6.07, 6.45) is 1.30. The number of rotatable bonds is 5. The first-order valence-corrected chi connectivity index (χ1v) is 7.84. The Kier molecular flexibility index (Phi) is 4.54. The third-order valence-electron chi connectivity index (χ3n) is 4.45. The lowest BCUT2D eigenvalue weighted by molar-refractivity contribution is -0.0976. The fourth-order valence-electron chi connectivity index (χ4n) is 3.06. The molecule has 2 unspecified atom stereocenters. The van der Waals surface area contributed by atoms with Gasteiger partial charge in [-0.3, -0.25) is 4.98 Å². The Hall–Kier alpha value is -1.20. The van der Waals surface area contributed by atoms with E-state index >= 15 is 0 Å². The van der Waals surface area contributed by atoms with Gasteiger partial charge in [-0.05, 0) is 33.3 Å². The van der Waals surface area contributed by atoms with Crippen LogP contribution in [0, 0.1) is 19.3 Å². The van der Waals surface area contributed by atoms with Crippen LogP contribution < -0.4 is 11.1 Å². The lowest BCUT2D eigenvalue weighted by Crippen LogP contribution is -2.58. The average molecular weight is 307 g/mol. The summed E-state index contributed by atoms with van der Waals surface area (Å²) >= 11 is 5.18. The SMILES string of the molecule is CCOC1CC(Nc2cc(C)nc(C)c2C(N)=S)C1(C)C. The van der Waals surface area contributed by atoms with Crippen LogP contribution in [0.5, 0.6) is 0 Å². The molecule has 1 heterocycles. The van der Waals surface area contributed by atoms with Gasteiger partial charge in [-0.2, -0.15) is 0 Å². The molecule has 0 saturated heterocycles. The first-order valence-electron chi connectivity index (χ1n) is 7.43. The van der Waals surface area contributed by atoms with Gasteiger partial charge in [0.05, 0.1) is 11.7 Å². The maximum Gasteiger partial charge on any atom is 0.107 e. The Balaban J connectivity index is 2.23. The normalized spacial score (nSPS) is 23.5. The van der Waals surface area contributed by atoms with E-state index in [4.69, 9.17) is 22.7 Å². The van der Waals surface area contributed by atoms with E-state index < -0.39 is 0 Å². The Bertz CT molecular complexity index is 557. The molecule has 5 heteroatoms. The number of aryl methyl sites for hydroxylation is 2. The first kappa shape index (κ1) is 16.2. The fraction of sp³-hybridized carbons (Fsp3) is 0.625. The van der Waals surface area contributed by atoms with Gasteiger partial charge in [-0.1, -0.05) is 26.1 Å². The zero-order valence-corrected chi connectivity index (χ0v) is 14.3. The topological polar surface area (TPSA) is 60.2 Å². The number of hydrogen-bond donors (Lipinski definition) is 2. The van der Waals surface area contributed by atoms with Crippen molar-refractivity contribution in [2.24, 2.45) is 11.1 Å². The molecule has 1 aromatic heterocycles. The van der Waals surface area contributed by atoms with Gasteiger partial charge in [-0.25, -0.2) is 0 Å². The molecule has 21 heavy (non-hydrogen) atoms. The van der Waals surface area contributed by atoms with Gasteiger partial charge in [0.15, 0.2) is 0 Å². The highest BCUT2D eigenvalue weighted by Gasteiger charge is 2.49. The molecule has 116 valence electrons. The number of nitrogens with zero attached hydrogens (tertiary/aromatic N) is 1. The number of thiocarbonyl (C=S) groups is 1. The van der Waals surface area contributed by atoms with Gasteiger partial charge in [-0.15, -0.1) is 0 Å². The molecule has 1 fully saturated rings. The number of anilines is 1. The lowest BCUT2D eigenvalue weighted by Gasteiger charge is -2.52. The monoisotopic (exact) mass is 307 g/mol. The summed E-state index contributed by atoms with van der Waals surface area (Å²) in [6, 6.07) is 2.37. The van der Waals surface area contributed by atoms with Crippen LogP contribution in [0.25, 0.3) is 0 Å². The quantitative estimate of drug-likeness (QED) is 0.819. The second-order valence-electron chi connectivity index (χ2n) is 6.33. The van der Waals surface area contributed by atoms with E-state index in [0.29, 0.717) is 17.1 Å². The van der Waals surface area contributed by atoms with Crippen molar-refractivity contribution < 1.29 is 4.74 Å². The van der Waals surface area contributed by atoms with Gasteiger partial charge in [0.1, 0.15) is 4.99 Å². The first-order chi connectivity index (χ1) is 9.77. The van der Waals surface area contributed by atoms with Crippen LogP contribution in [-0.2, 0) is 4.74 Å². The molecule has 0 aromatic carbocycles. The van der Waals surface area contributed by atoms with E-state index in [1.807, 2.05) is 26.8 Å². The van der Waals surface area contributed by atoms with Gasteiger partial charge >= 0.3 is 0 Å². The van der Waals surface area contributed by atoms with Crippen LogP contribution in [0.15, 0.2) is 6.07 Å². The maximum absolute atomic E-state index is 5.87. The minimum Gasteiger partial charge on any atom is -0.389 e. The van der Waals surface area contributed by atoms with Gasteiger partial charge in [0.2, 0.25) is 0 Å². The predicted octanol–water partition coefficient (Wildman–Crippen LogP) is 2.95. The van der Waals surface area contributed by atoms with Crippen molar-refractivity contribution in [2.45, 2.75) is 53.2 Å². The molecule has 4 nitrogen and oxygen atoms in total. The lowest BCUT2D eigenvalue weighted by atomic mass is 9.64. The standard InChI is InChI=1S/C16H25N3OS/c1-6-20-13-8-12(16(13,4)5)19-11-7-9(2)18-10(3)14(11)15(17)21/h7,12-13H,6,8H2,1-5H3,(H2,17,21)(H,18,19). The summed E-state index contributed by atoms with van der Waals surface area (Å²) in [5.41, 5.74) is 9.65. The van der Waals surface area contributed by atoms with Gasteiger partial charge in [0, 0.05) is 35.1 Å². The second-order valence-corrected chi connectivity index (χ2v) is 6.77. The van der Waals surface area contributed by atoms with E-state index in [0.717, 1.165) is 35.7 Å². The molecule has 0 spiro atoms. The highest BCUT2D eigenvalue weighted by molar-refractivity contribution is 7.80. The number of pyridine rings is 1. The van der Waals surface area contributed by atoms with Crippen LogP contribution in [0.1, 0.15) is 44.1 Å². The van der Waals surface area contributed by atoms with Crippen molar-refractivity contribution in [1.82, 2.24) is 4.98 Å². The molecule has 1 aliphatic carbocycles. The number of hydrogen-bond acceptors (Lipinski definition) is 4. The summed E-state index contributed by atoms with van der Waals surface area (Å²) in [5, 5.41) is 3.60. The minimum absolute atomic E-state index is 0.0918. The third kappa shape index (κ3) is 3.04. The van der Waals surface area contributed by atoms with E-state index in [1.54, 1.807) is 0 Å². The Morgan fingerprint density at radius 1 is 1.52 bits per heavy atom. The molecule has 1 aliphatic rings. The highest BCUT2D eigenvalue weighted by atomic mass is 32.1. The summed E-state index contributed by atoms with van der Waals surface area (Å²) < 4.78 is 5.78. The number of nitrogens with two attached hydrogens (primary N) is 1. The summed E-state index contributed by atoms with van der Waals surface area (Å²) in [7, 11) is 0. The fourth-order valence-corrected chi connectivity index (χ4v) is 3.31. The third-order valence-corrected chi connectivity index (χ3v) is 4.65. The van der Waals surface area contributed by atoms with Crippen molar-refractivity contribution in [1.29, 1.82) is 0 Å². The Labute approximate surface area is 132 Å². The molecule has 0 amide bonds. The smallest absolute Gasteiger partial charge is 0.107 e. The molecular weight excluding hydrogens is 282 g/mol. The highest BCUT2D eigenvalue weighted by Crippen LogP contribution is 2.44. The van der Waals surface area contributed by atoms with Crippen LogP contribution in [0.2, 0.25) is 0 Å². The summed E-state index contributed by atoms with van der Waals surface area (Å²) in [6.45, 7) is 11.2. The van der Waals surface area contributed by atoms with E-state index in [-0.39, 0.29) is 5.41 Å². The van der Waals surface area contributed by atoms with Crippen LogP contribution >= 0.6 is 12.2 Å². The summed E-state index contributed by atoms with van der Waals surface area (Å²) in [4.78, 5) is 4.84. The maximum atomic E-state index is 5.87. The van der Waals surface area contributed by atoms with Crippen LogP contribution in [0.3, 0.4) is 0 Å². The van der Waals surface area contributed by atoms with Crippen molar-refractivity contribution in [3.63, 3.8) is 0 Å². The minimum atomic E-state index is 0.0918.